The highest BCUT2D eigenvalue weighted by atomic mass is 19.1. The van der Waals surface area contributed by atoms with Crippen LogP contribution in [0.4, 0.5) is 10.1 Å². The zero-order valence-electron chi connectivity index (χ0n) is 12.5. The van der Waals surface area contributed by atoms with Crippen molar-refractivity contribution in [1.82, 2.24) is 4.90 Å². The fraction of sp³-hybridized carbons (Fsp3) is 0.222. The molecule has 1 N–H and O–H groups in total. The lowest BCUT2D eigenvalue weighted by Gasteiger charge is -2.24. The highest BCUT2D eigenvalue weighted by Crippen LogP contribution is 2.22. The zero-order chi connectivity index (χ0) is 16.2. The Morgan fingerprint density at radius 2 is 1.74 bits per heavy atom. The normalized spacial score (nSPS) is 17.1. The molecule has 1 atom stereocenters. The third kappa shape index (κ3) is 3.39. The van der Waals surface area contributed by atoms with Crippen LogP contribution < -0.4 is 5.32 Å². The quantitative estimate of drug-likeness (QED) is 0.947. The van der Waals surface area contributed by atoms with Crippen molar-refractivity contribution >= 4 is 17.5 Å². The van der Waals surface area contributed by atoms with Crippen LogP contribution in [-0.2, 0) is 4.79 Å². The Morgan fingerprint density at radius 1 is 1.04 bits per heavy atom. The topological polar surface area (TPSA) is 49.4 Å². The van der Waals surface area contributed by atoms with Crippen molar-refractivity contribution in [2.24, 2.45) is 0 Å². The first-order chi connectivity index (χ1) is 11.1. The number of hydrogen-bond donors (Lipinski definition) is 1. The molecule has 5 heteroatoms. The van der Waals surface area contributed by atoms with Gasteiger partial charge in [0.05, 0.1) is 0 Å². The second kappa shape index (κ2) is 6.60. The Labute approximate surface area is 133 Å². The lowest BCUT2D eigenvalue weighted by molar-refractivity contribution is -0.119. The van der Waals surface area contributed by atoms with Crippen molar-refractivity contribution in [2.45, 2.75) is 18.9 Å². The Kier molecular flexibility index (Phi) is 4.37. The molecule has 0 aliphatic carbocycles. The zero-order valence-corrected chi connectivity index (χ0v) is 12.5. The van der Waals surface area contributed by atoms with Crippen LogP contribution in [0.25, 0.3) is 0 Å². The molecule has 3 rings (SSSR count). The van der Waals surface area contributed by atoms with Crippen molar-refractivity contribution in [2.75, 3.05) is 11.9 Å². The number of hydrogen-bond acceptors (Lipinski definition) is 2. The van der Waals surface area contributed by atoms with E-state index in [9.17, 15) is 14.0 Å². The van der Waals surface area contributed by atoms with Gasteiger partial charge in [-0.3, -0.25) is 9.59 Å². The van der Waals surface area contributed by atoms with Crippen LogP contribution in [-0.4, -0.2) is 29.3 Å². The van der Waals surface area contributed by atoms with Crippen LogP contribution >= 0.6 is 0 Å². The van der Waals surface area contributed by atoms with Crippen molar-refractivity contribution in [1.29, 1.82) is 0 Å². The smallest absolute Gasteiger partial charge is 0.254 e. The first-order valence-electron chi connectivity index (χ1n) is 7.57. The minimum absolute atomic E-state index is 0.137. The molecule has 118 valence electrons. The van der Waals surface area contributed by atoms with Crippen LogP contribution in [0.2, 0.25) is 0 Å². The van der Waals surface area contributed by atoms with Gasteiger partial charge in [-0.15, -0.1) is 0 Å². The minimum Gasteiger partial charge on any atom is -0.327 e. The fourth-order valence-corrected chi connectivity index (χ4v) is 2.79. The average molecular weight is 312 g/mol. The van der Waals surface area contributed by atoms with Crippen molar-refractivity contribution < 1.29 is 14.0 Å². The van der Waals surface area contributed by atoms with Gasteiger partial charge in [-0.1, -0.05) is 18.2 Å². The lowest BCUT2D eigenvalue weighted by Crippen LogP contribution is -2.43. The molecule has 4 nitrogen and oxygen atoms in total. The third-order valence-electron chi connectivity index (χ3n) is 3.95. The van der Waals surface area contributed by atoms with E-state index in [0.717, 1.165) is 6.42 Å². The van der Waals surface area contributed by atoms with Gasteiger partial charge in [0.25, 0.3) is 5.91 Å². The van der Waals surface area contributed by atoms with Gasteiger partial charge >= 0.3 is 0 Å². The van der Waals surface area contributed by atoms with E-state index in [1.54, 1.807) is 29.2 Å². The Morgan fingerprint density at radius 3 is 2.43 bits per heavy atom. The maximum absolute atomic E-state index is 12.9. The first kappa shape index (κ1) is 15.2. The van der Waals surface area contributed by atoms with E-state index in [1.807, 2.05) is 6.07 Å². The molecule has 0 bridgehead atoms. The number of amides is 2. The van der Waals surface area contributed by atoms with Crippen molar-refractivity contribution in [3.8, 4) is 0 Å². The molecule has 0 aromatic heterocycles. The van der Waals surface area contributed by atoms with Gasteiger partial charge in [0.15, 0.2) is 0 Å². The largest absolute Gasteiger partial charge is 0.327 e. The van der Waals surface area contributed by atoms with Gasteiger partial charge in [0.1, 0.15) is 11.9 Å². The molecule has 2 aromatic carbocycles. The fourth-order valence-electron chi connectivity index (χ4n) is 2.79. The number of carbonyl (C=O) groups excluding carboxylic acids is 2. The Balaban J connectivity index is 1.72. The highest BCUT2D eigenvalue weighted by molar-refractivity contribution is 6.01. The molecule has 1 fully saturated rings. The Hall–Kier alpha value is -2.69. The van der Waals surface area contributed by atoms with Gasteiger partial charge in [-0.25, -0.2) is 4.39 Å². The monoisotopic (exact) mass is 312 g/mol. The number of carbonyl (C=O) groups is 2. The van der Waals surface area contributed by atoms with Gasteiger partial charge in [0, 0.05) is 17.8 Å². The summed E-state index contributed by atoms with van der Waals surface area (Å²) in [6.07, 6.45) is 1.42. The molecule has 0 unspecified atom stereocenters. The van der Waals surface area contributed by atoms with Gasteiger partial charge in [0.2, 0.25) is 5.91 Å². The minimum atomic E-state index is -0.493. The summed E-state index contributed by atoms with van der Waals surface area (Å²) < 4.78 is 12.9. The summed E-state index contributed by atoms with van der Waals surface area (Å²) in [5.41, 5.74) is 1.10. The van der Waals surface area contributed by atoms with E-state index in [4.69, 9.17) is 0 Å². The summed E-state index contributed by atoms with van der Waals surface area (Å²) in [7, 11) is 0. The molecule has 2 amide bonds. The van der Waals surface area contributed by atoms with Crippen LogP contribution in [0.3, 0.4) is 0 Å². The van der Waals surface area contributed by atoms with E-state index >= 15 is 0 Å². The lowest BCUT2D eigenvalue weighted by atomic mass is 10.1. The maximum Gasteiger partial charge on any atom is 0.254 e. The van der Waals surface area contributed by atoms with Gasteiger partial charge < -0.3 is 10.2 Å². The maximum atomic E-state index is 12.9. The predicted molar refractivity (Wildman–Crippen MR) is 85.5 cm³/mol. The second-order valence-electron chi connectivity index (χ2n) is 5.52. The number of nitrogens with one attached hydrogen (secondary N) is 1. The van der Waals surface area contributed by atoms with E-state index in [0.29, 0.717) is 24.2 Å². The number of rotatable bonds is 3. The summed E-state index contributed by atoms with van der Waals surface area (Å²) >= 11 is 0. The van der Waals surface area contributed by atoms with E-state index in [1.165, 1.54) is 24.3 Å². The average Bonchev–Trinajstić information content (AvgIpc) is 3.07. The number of benzene rings is 2. The number of halogens is 1. The molecule has 2 aromatic rings. The first-order valence-corrected chi connectivity index (χ1v) is 7.57. The molecular weight excluding hydrogens is 295 g/mol. The van der Waals surface area contributed by atoms with E-state index in [-0.39, 0.29) is 17.6 Å². The highest BCUT2D eigenvalue weighted by Gasteiger charge is 2.34. The number of likely N-dealkylation sites (tertiary alicyclic amines) is 1. The molecule has 1 aliphatic heterocycles. The molecule has 1 heterocycles. The molecule has 1 aliphatic rings. The summed E-state index contributed by atoms with van der Waals surface area (Å²) in [6.45, 7) is 0.565. The molecule has 1 saturated heterocycles. The molecule has 0 spiro atoms. The molecular formula is C18H17FN2O2. The molecule has 0 radical (unpaired) electrons. The van der Waals surface area contributed by atoms with Crippen LogP contribution in [0.1, 0.15) is 23.2 Å². The van der Waals surface area contributed by atoms with Crippen LogP contribution in [0.5, 0.6) is 0 Å². The van der Waals surface area contributed by atoms with Crippen LogP contribution in [0, 0.1) is 5.82 Å². The summed E-state index contributed by atoms with van der Waals surface area (Å²) in [4.78, 5) is 26.6. The van der Waals surface area contributed by atoms with Crippen molar-refractivity contribution in [3.05, 3.63) is 66.0 Å². The SMILES string of the molecule is O=C(Nc1ccc(F)cc1)[C@H]1CCCN1C(=O)c1ccccc1. The van der Waals surface area contributed by atoms with Crippen molar-refractivity contribution in [3.63, 3.8) is 0 Å². The number of anilines is 1. The molecule has 0 saturated carbocycles. The summed E-state index contributed by atoms with van der Waals surface area (Å²) in [5, 5.41) is 2.75. The number of nitrogens with zero attached hydrogens (tertiary/aromatic N) is 1. The van der Waals surface area contributed by atoms with E-state index < -0.39 is 6.04 Å². The summed E-state index contributed by atoms with van der Waals surface area (Å²) in [6, 6.07) is 14.0. The Bertz CT molecular complexity index is 701. The van der Waals surface area contributed by atoms with Crippen LogP contribution in [0.15, 0.2) is 54.6 Å². The van der Waals surface area contributed by atoms with Gasteiger partial charge in [-0.05, 0) is 49.2 Å². The van der Waals surface area contributed by atoms with Gasteiger partial charge in [-0.2, -0.15) is 0 Å². The van der Waals surface area contributed by atoms with E-state index in [2.05, 4.69) is 5.32 Å². The predicted octanol–water partition coefficient (Wildman–Crippen LogP) is 3.07. The second-order valence-corrected chi connectivity index (χ2v) is 5.52. The molecule has 23 heavy (non-hydrogen) atoms. The standard InChI is InChI=1S/C18H17FN2O2/c19-14-8-10-15(11-9-14)20-17(22)16-7-4-12-21(16)18(23)13-5-2-1-3-6-13/h1-3,5-6,8-11,16H,4,7,12H2,(H,20,22)/t16-/m1/s1. The third-order valence-corrected chi connectivity index (χ3v) is 3.95. The summed E-state index contributed by atoms with van der Waals surface area (Å²) in [5.74, 6) is -0.731.